The van der Waals surface area contributed by atoms with E-state index in [1.54, 1.807) is 12.1 Å². The Labute approximate surface area is 135 Å². The molecule has 5 heteroatoms. The van der Waals surface area contributed by atoms with E-state index in [1.165, 1.54) is 13.4 Å². The molecule has 0 fully saturated rings. The normalized spacial score (nSPS) is 10.6. The number of halogens is 1. The highest BCUT2D eigenvalue weighted by molar-refractivity contribution is 9.10. The molecule has 1 heterocycles. The maximum Gasteiger partial charge on any atom is 0.210 e. The van der Waals surface area contributed by atoms with Gasteiger partial charge in [-0.25, -0.2) is 0 Å². The van der Waals surface area contributed by atoms with Gasteiger partial charge in [-0.05, 0) is 21.5 Å². The van der Waals surface area contributed by atoms with Crippen LogP contribution in [0.2, 0.25) is 0 Å². The third kappa shape index (κ3) is 2.85. The molecule has 22 heavy (non-hydrogen) atoms. The van der Waals surface area contributed by atoms with Crippen LogP contribution in [0.3, 0.4) is 0 Å². The van der Waals surface area contributed by atoms with Crippen molar-refractivity contribution in [3.05, 3.63) is 69.0 Å². The quantitative estimate of drug-likeness (QED) is 0.701. The second-order valence-corrected chi connectivity index (χ2v) is 5.54. The van der Waals surface area contributed by atoms with Gasteiger partial charge in [-0.1, -0.05) is 30.3 Å². The second-order valence-electron chi connectivity index (χ2n) is 4.69. The van der Waals surface area contributed by atoms with Crippen molar-refractivity contribution >= 4 is 26.9 Å². The Morgan fingerprint density at radius 2 is 1.95 bits per heavy atom. The van der Waals surface area contributed by atoms with Crippen molar-refractivity contribution in [2.75, 3.05) is 7.11 Å². The van der Waals surface area contributed by atoms with E-state index in [2.05, 4.69) is 15.9 Å². The monoisotopic (exact) mass is 360 g/mol. The topological polar surface area (TPSA) is 48.7 Å². The van der Waals surface area contributed by atoms with E-state index in [0.717, 1.165) is 5.56 Å². The molecule has 0 aliphatic heterocycles. The van der Waals surface area contributed by atoms with Gasteiger partial charge in [0.25, 0.3) is 0 Å². The van der Waals surface area contributed by atoms with E-state index >= 15 is 0 Å². The SMILES string of the molecule is COc1cc(OCc2ccccc2)cc2occ(Br)c(=O)c12. The summed E-state index contributed by atoms with van der Waals surface area (Å²) >= 11 is 3.17. The first-order valence-electron chi connectivity index (χ1n) is 6.65. The Hall–Kier alpha value is -2.27. The molecule has 3 rings (SSSR count). The van der Waals surface area contributed by atoms with E-state index in [4.69, 9.17) is 13.9 Å². The van der Waals surface area contributed by atoms with Crippen LogP contribution in [0, 0.1) is 0 Å². The van der Waals surface area contributed by atoms with Crippen LogP contribution in [-0.4, -0.2) is 7.11 Å². The summed E-state index contributed by atoms with van der Waals surface area (Å²) in [4.78, 5) is 12.2. The minimum absolute atomic E-state index is 0.173. The number of ether oxygens (including phenoxy) is 2. The molecule has 2 aromatic carbocycles. The smallest absolute Gasteiger partial charge is 0.210 e. The van der Waals surface area contributed by atoms with Gasteiger partial charge in [-0.15, -0.1) is 0 Å². The third-order valence-corrected chi connectivity index (χ3v) is 3.79. The highest BCUT2D eigenvalue weighted by atomic mass is 79.9. The summed E-state index contributed by atoms with van der Waals surface area (Å²) in [6, 6.07) is 13.2. The van der Waals surface area contributed by atoms with Gasteiger partial charge in [0.1, 0.15) is 39.8 Å². The molecule has 0 spiro atoms. The predicted molar refractivity (Wildman–Crippen MR) is 87.5 cm³/mol. The van der Waals surface area contributed by atoms with Crippen molar-refractivity contribution in [2.24, 2.45) is 0 Å². The van der Waals surface area contributed by atoms with Crippen molar-refractivity contribution in [1.82, 2.24) is 0 Å². The van der Waals surface area contributed by atoms with Gasteiger partial charge in [0, 0.05) is 12.1 Å². The fourth-order valence-electron chi connectivity index (χ4n) is 2.16. The average Bonchev–Trinajstić information content (AvgIpc) is 2.56. The Bertz CT molecular complexity index is 856. The lowest BCUT2D eigenvalue weighted by atomic mass is 10.2. The summed E-state index contributed by atoms with van der Waals surface area (Å²) in [6.45, 7) is 0.427. The first kappa shape index (κ1) is 14.7. The van der Waals surface area contributed by atoms with Gasteiger partial charge >= 0.3 is 0 Å². The molecular weight excluding hydrogens is 348 g/mol. The molecular formula is C17H13BrO4. The lowest BCUT2D eigenvalue weighted by molar-refractivity contribution is 0.304. The number of hydrogen-bond acceptors (Lipinski definition) is 4. The van der Waals surface area contributed by atoms with Crippen LogP contribution in [0.25, 0.3) is 11.0 Å². The summed E-state index contributed by atoms with van der Waals surface area (Å²) in [6.07, 6.45) is 1.37. The summed E-state index contributed by atoms with van der Waals surface area (Å²) in [5.41, 5.74) is 1.31. The van der Waals surface area contributed by atoms with Crippen molar-refractivity contribution < 1.29 is 13.9 Å². The summed E-state index contributed by atoms with van der Waals surface area (Å²) in [5, 5.41) is 0.393. The Kier molecular flexibility index (Phi) is 4.15. The molecule has 0 saturated heterocycles. The molecule has 0 aliphatic carbocycles. The van der Waals surface area contributed by atoms with Gasteiger partial charge in [0.05, 0.1) is 7.11 Å². The molecule has 0 aliphatic rings. The summed E-state index contributed by atoms with van der Waals surface area (Å²) in [5.74, 6) is 1.01. The molecule has 0 N–H and O–H groups in total. The molecule has 4 nitrogen and oxygen atoms in total. The van der Waals surface area contributed by atoms with Crippen molar-refractivity contribution in [3.8, 4) is 11.5 Å². The van der Waals surface area contributed by atoms with E-state index in [0.29, 0.717) is 33.5 Å². The fourth-order valence-corrected chi connectivity index (χ4v) is 2.45. The number of benzene rings is 2. The molecule has 112 valence electrons. The molecule has 0 atom stereocenters. The zero-order chi connectivity index (χ0) is 15.5. The maximum atomic E-state index is 12.2. The summed E-state index contributed by atoms with van der Waals surface area (Å²) < 4.78 is 16.9. The van der Waals surface area contributed by atoms with Crippen LogP contribution in [-0.2, 0) is 6.61 Å². The molecule has 3 aromatic rings. The van der Waals surface area contributed by atoms with Gasteiger partial charge < -0.3 is 13.9 Å². The first-order chi connectivity index (χ1) is 10.7. The van der Waals surface area contributed by atoms with Crippen LogP contribution in [0.4, 0.5) is 0 Å². The van der Waals surface area contributed by atoms with E-state index in [9.17, 15) is 4.79 Å². The second kappa shape index (κ2) is 6.23. The highest BCUT2D eigenvalue weighted by Crippen LogP contribution is 2.30. The average molecular weight is 361 g/mol. The van der Waals surface area contributed by atoms with Gasteiger partial charge in [-0.3, -0.25) is 4.79 Å². The maximum absolute atomic E-state index is 12.2. The predicted octanol–water partition coefficient (Wildman–Crippen LogP) is 4.14. The van der Waals surface area contributed by atoms with Crippen LogP contribution in [0.15, 0.2) is 62.4 Å². The molecule has 0 saturated carbocycles. The Balaban J connectivity index is 1.98. The van der Waals surface area contributed by atoms with Crippen LogP contribution < -0.4 is 14.9 Å². The standard InChI is InChI=1S/C17H13BrO4/c1-20-14-7-12(21-9-11-5-3-2-4-6-11)8-15-16(14)17(19)13(18)10-22-15/h2-8,10H,9H2,1H3. The minimum Gasteiger partial charge on any atom is -0.496 e. The zero-order valence-corrected chi connectivity index (χ0v) is 13.4. The van der Waals surface area contributed by atoms with E-state index in [1.807, 2.05) is 30.3 Å². The molecule has 0 unspecified atom stereocenters. The lowest BCUT2D eigenvalue weighted by Gasteiger charge is -2.10. The number of methoxy groups -OCH3 is 1. The van der Waals surface area contributed by atoms with Crippen LogP contribution in [0.5, 0.6) is 11.5 Å². The third-order valence-electron chi connectivity index (χ3n) is 3.24. The van der Waals surface area contributed by atoms with Crippen molar-refractivity contribution in [3.63, 3.8) is 0 Å². The lowest BCUT2D eigenvalue weighted by Crippen LogP contribution is -2.04. The van der Waals surface area contributed by atoms with Gasteiger partial charge in [0.2, 0.25) is 5.43 Å². The highest BCUT2D eigenvalue weighted by Gasteiger charge is 2.13. The number of hydrogen-bond donors (Lipinski definition) is 0. The zero-order valence-electron chi connectivity index (χ0n) is 11.8. The van der Waals surface area contributed by atoms with Crippen LogP contribution >= 0.6 is 15.9 Å². The van der Waals surface area contributed by atoms with Crippen LogP contribution in [0.1, 0.15) is 5.56 Å². The fraction of sp³-hybridized carbons (Fsp3) is 0.118. The molecule has 0 bridgehead atoms. The Morgan fingerprint density at radius 3 is 2.68 bits per heavy atom. The number of rotatable bonds is 4. The largest absolute Gasteiger partial charge is 0.496 e. The van der Waals surface area contributed by atoms with E-state index < -0.39 is 0 Å². The minimum atomic E-state index is -0.173. The van der Waals surface area contributed by atoms with Gasteiger partial charge in [0.15, 0.2) is 0 Å². The number of fused-ring (bicyclic) bond motifs is 1. The van der Waals surface area contributed by atoms with E-state index in [-0.39, 0.29) is 5.43 Å². The summed E-state index contributed by atoms with van der Waals surface area (Å²) in [7, 11) is 1.51. The van der Waals surface area contributed by atoms with Crippen molar-refractivity contribution in [1.29, 1.82) is 0 Å². The molecule has 0 radical (unpaired) electrons. The van der Waals surface area contributed by atoms with Gasteiger partial charge in [-0.2, -0.15) is 0 Å². The van der Waals surface area contributed by atoms with Crippen molar-refractivity contribution in [2.45, 2.75) is 6.61 Å². The molecule has 1 aromatic heterocycles. The Morgan fingerprint density at radius 1 is 1.18 bits per heavy atom. The molecule has 0 amide bonds. The first-order valence-corrected chi connectivity index (χ1v) is 7.44.